The molecule has 0 bridgehead atoms. The summed E-state index contributed by atoms with van der Waals surface area (Å²) in [5.74, 6) is 2.52. The smallest absolute Gasteiger partial charge is 0.254 e. The molecule has 0 aliphatic carbocycles. The van der Waals surface area contributed by atoms with E-state index in [1.165, 1.54) is 0 Å². The van der Waals surface area contributed by atoms with E-state index in [2.05, 4.69) is 15.9 Å². The summed E-state index contributed by atoms with van der Waals surface area (Å²) in [6.45, 7) is 0.836. The van der Waals surface area contributed by atoms with E-state index in [-0.39, 0.29) is 18.6 Å². The van der Waals surface area contributed by atoms with Gasteiger partial charge in [0.15, 0.2) is 23.0 Å². The van der Waals surface area contributed by atoms with E-state index >= 15 is 0 Å². The van der Waals surface area contributed by atoms with E-state index in [1.807, 2.05) is 65.6 Å². The molecule has 7 heteroatoms. The van der Waals surface area contributed by atoms with Crippen molar-refractivity contribution in [3.63, 3.8) is 0 Å². The van der Waals surface area contributed by atoms with Crippen LogP contribution < -0.4 is 18.9 Å². The predicted octanol–water partition coefficient (Wildman–Crippen LogP) is 5.29. The van der Waals surface area contributed by atoms with Crippen LogP contribution in [0.25, 0.3) is 0 Å². The molecule has 0 spiro atoms. The molecular weight excluding hydrogens is 486 g/mol. The average Bonchev–Trinajstić information content (AvgIpc) is 2.86. The summed E-state index contributed by atoms with van der Waals surface area (Å²) in [5, 5.41) is 0. The molecule has 0 fully saturated rings. The molecular formula is C26H26BrNO5. The Labute approximate surface area is 202 Å². The van der Waals surface area contributed by atoms with E-state index in [9.17, 15) is 4.79 Å². The quantitative estimate of drug-likeness (QED) is 0.431. The van der Waals surface area contributed by atoms with E-state index in [4.69, 9.17) is 18.9 Å². The van der Waals surface area contributed by atoms with Crippen molar-refractivity contribution in [1.82, 2.24) is 4.90 Å². The second kappa shape index (κ2) is 10.2. The van der Waals surface area contributed by atoms with Gasteiger partial charge in [0.25, 0.3) is 5.91 Å². The summed E-state index contributed by atoms with van der Waals surface area (Å²) >= 11 is 3.44. The van der Waals surface area contributed by atoms with Crippen LogP contribution in [0.1, 0.15) is 27.5 Å². The van der Waals surface area contributed by atoms with E-state index in [1.54, 1.807) is 21.3 Å². The van der Waals surface area contributed by atoms with Crippen LogP contribution in [0.3, 0.4) is 0 Å². The number of nitrogens with zero attached hydrogens (tertiary/aromatic N) is 1. The SMILES string of the molecule is COc1cc2c(cc1OC)C(COc1ccccc1OC)N(C(=O)c1ccc(Br)cc1)CC2. The van der Waals surface area contributed by atoms with Crippen molar-refractivity contribution in [2.45, 2.75) is 12.5 Å². The van der Waals surface area contributed by atoms with Gasteiger partial charge in [0.2, 0.25) is 0 Å². The molecule has 1 heterocycles. The third-order valence-corrected chi connectivity index (χ3v) is 6.35. The minimum absolute atomic E-state index is 0.0449. The Balaban J connectivity index is 1.71. The lowest BCUT2D eigenvalue weighted by atomic mass is 9.91. The fraction of sp³-hybridized carbons (Fsp3) is 0.269. The minimum Gasteiger partial charge on any atom is -0.493 e. The zero-order chi connectivity index (χ0) is 23.4. The Morgan fingerprint density at radius 1 is 0.909 bits per heavy atom. The lowest BCUT2D eigenvalue weighted by Crippen LogP contribution is -2.42. The number of carbonyl (C=O) groups is 1. The summed E-state index contributed by atoms with van der Waals surface area (Å²) in [5.41, 5.74) is 2.73. The standard InChI is InChI=1S/C26H26BrNO5/c1-30-22-6-4-5-7-23(22)33-16-21-20-15-25(32-3)24(31-2)14-18(20)12-13-28(21)26(29)17-8-10-19(27)11-9-17/h4-11,14-15,21H,12-13,16H2,1-3H3. The maximum atomic E-state index is 13.5. The summed E-state index contributed by atoms with van der Waals surface area (Å²) < 4.78 is 23.6. The second-order valence-electron chi connectivity index (χ2n) is 7.64. The molecule has 1 aliphatic heterocycles. The summed E-state index contributed by atoms with van der Waals surface area (Å²) in [6.07, 6.45) is 0.711. The van der Waals surface area contributed by atoms with Crippen molar-refractivity contribution in [2.24, 2.45) is 0 Å². The van der Waals surface area contributed by atoms with Gasteiger partial charge in [-0.15, -0.1) is 0 Å². The number of ether oxygens (including phenoxy) is 4. The zero-order valence-corrected chi connectivity index (χ0v) is 20.4. The summed E-state index contributed by atoms with van der Waals surface area (Å²) in [7, 11) is 4.84. The van der Waals surface area contributed by atoms with Gasteiger partial charge in [-0.1, -0.05) is 28.1 Å². The molecule has 0 radical (unpaired) electrons. The topological polar surface area (TPSA) is 57.2 Å². The summed E-state index contributed by atoms with van der Waals surface area (Å²) in [6, 6.07) is 18.5. The minimum atomic E-state index is -0.311. The highest BCUT2D eigenvalue weighted by Gasteiger charge is 2.33. The van der Waals surface area contributed by atoms with Crippen molar-refractivity contribution in [3.05, 3.63) is 81.8 Å². The number of para-hydroxylation sites is 2. The van der Waals surface area contributed by atoms with E-state index in [0.29, 0.717) is 41.5 Å². The van der Waals surface area contributed by atoms with Gasteiger partial charge in [0.05, 0.1) is 27.4 Å². The van der Waals surface area contributed by atoms with Gasteiger partial charge in [-0.2, -0.15) is 0 Å². The van der Waals surface area contributed by atoms with Crippen molar-refractivity contribution in [2.75, 3.05) is 34.5 Å². The van der Waals surface area contributed by atoms with Gasteiger partial charge < -0.3 is 23.8 Å². The molecule has 0 saturated carbocycles. The highest BCUT2D eigenvalue weighted by atomic mass is 79.9. The number of hydrogen-bond donors (Lipinski definition) is 0. The van der Waals surface area contributed by atoms with Crippen molar-refractivity contribution in [3.8, 4) is 23.0 Å². The molecule has 0 N–H and O–H groups in total. The molecule has 3 aromatic carbocycles. The Morgan fingerprint density at radius 2 is 1.55 bits per heavy atom. The summed E-state index contributed by atoms with van der Waals surface area (Å²) in [4.78, 5) is 15.4. The monoisotopic (exact) mass is 511 g/mol. The maximum Gasteiger partial charge on any atom is 0.254 e. The molecule has 0 aromatic heterocycles. The van der Waals surface area contributed by atoms with Crippen molar-refractivity contribution >= 4 is 21.8 Å². The molecule has 3 aromatic rings. The second-order valence-corrected chi connectivity index (χ2v) is 8.55. The normalized spacial score (nSPS) is 14.9. The molecule has 6 nitrogen and oxygen atoms in total. The first-order chi connectivity index (χ1) is 16.0. The van der Waals surface area contributed by atoms with Gasteiger partial charge in [-0.3, -0.25) is 4.79 Å². The van der Waals surface area contributed by atoms with E-state index < -0.39 is 0 Å². The van der Waals surface area contributed by atoms with Gasteiger partial charge in [0, 0.05) is 16.6 Å². The molecule has 1 aliphatic rings. The van der Waals surface area contributed by atoms with Crippen LogP contribution in [0.2, 0.25) is 0 Å². The first kappa shape index (κ1) is 23.0. The van der Waals surface area contributed by atoms with Gasteiger partial charge >= 0.3 is 0 Å². The lowest BCUT2D eigenvalue weighted by molar-refractivity contribution is 0.0587. The number of halogens is 1. The lowest BCUT2D eigenvalue weighted by Gasteiger charge is -2.37. The third-order valence-electron chi connectivity index (χ3n) is 5.82. The molecule has 1 atom stereocenters. The van der Waals surface area contributed by atoms with E-state index in [0.717, 1.165) is 15.6 Å². The molecule has 0 saturated heterocycles. The van der Waals surface area contributed by atoms with Crippen molar-refractivity contribution in [1.29, 1.82) is 0 Å². The number of hydrogen-bond acceptors (Lipinski definition) is 5. The largest absolute Gasteiger partial charge is 0.493 e. The third kappa shape index (κ3) is 4.78. The van der Waals surface area contributed by atoms with Gasteiger partial charge in [0.1, 0.15) is 6.61 Å². The molecule has 1 unspecified atom stereocenters. The fourth-order valence-electron chi connectivity index (χ4n) is 4.12. The van der Waals surface area contributed by atoms with Crippen LogP contribution in [-0.4, -0.2) is 45.3 Å². The Kier molecular flexibility index (Phi) is 7.08. The number of fused-ring (bicyclic) bond motifs is 1. The number of rotatable bonds is 7. The zero-order valence-electron chi connectivity index (χ0n) is 18.8. The molecule has 172 valence electrons. The molecule has 4 rings (SSSR count). The first-order valence-electron chi connectivity index (χ1n) is 10.6. The maximum absolute atomic E-state index is 13.5. The Bertz CT molecular complexity index is 1130. The van der Waals surface area contributed by atoms with Gasteiger partial charge in [-0.05, 0) is 66.1 Å². The fourth-order valence-corrected chi connectivity index (χ4v) is 4.38. The first-order valence-corrected chi connectivity index (χ1v) is 11.4. The Morgan fingerprint density at radius 3 is 2.21 bits per heavy atom. The number of amides is 1. The molecule has 1 amide bonds. The Hall–Kier alpha value is -3.19. The average molecular weight is 512 g/mol. The van der Waals surface area contributed by atoms with Crippen LogP contribution in [0.15, 0.2) is 65.1 Å². The van der Waals surface area contributed by atoms with Gasteiger partial charge in [-0.25, -0.2) is 0 Å². The van der Waals surface area contributed by atoms with Crippen LogP contribution in [0.4, 0.5) is 0 Å². The number of methoxy groups -OCH3 is 3. The van der Waals surface area contributed by atoms with Crippen LogP contribution in [-0.2, 0) is 6.42 Å². The highest BCUT2D eigenvalue weighted by Crippen LogP contribution is 2.39. The number of carbonyl (C=O) groups excluding carboxylic acids is 1. The predicted molar refractivity (Wildman–Crippen MR) is 130 cm³/mol. The van der Waals surface area contributed by atoms with Crippen LogP contribution >= 0.6 is 15.9 Å². The number of benzene rings is 3. The van der Waals surface area contributed by atoms with Crippen molar-refractivity contribution < 1.29 is 23.7 Å². The molecule has 33 heavy (non-hydrogen) atoms. The van der Waals surface area contributed by atoms with Crippen LogP contribution in [0, 0.1) is 0 Å². The van der Waals surface area contributed by atoms with Crippen LogP contribution in [0.5, 0.6) is 23.0 Å². The highest BCUT2D eigenvalue weighted by molar-refractivity contribution is 9.10.